The fraction of sp³-hybridized carbons (Fsp3) is 0.217. The maximum absolute atomic E-state index is 12.9. The Kier molecular flexibility index (Phi) is 7.14. The SMILES string of the molecule is Cl.NCC[C@H]1CNC(=O)c2c(-c3ccc(C=O)cc3)c(-c3cccc(OC(F)(F)F)c3)cn21. The highest BCUT2D eigenvalue weighted by Gasteiger charge is 2.33. The molecule has 0 aliphatic carbocycles. The molecule has 1 aliphatic heterocycles. The third-order valence-electron chi connectivity index (χ3n) is 5.35. The van der Waals surface area contributed by atoms with Gasteiger partial charge in [0, 0.05) is 29.4 Å². The van der Waals surface area contributed by atoms with Crippen LogP contribution in [0, 0.1) is 0 Å². The Hall–Kier alpha value is -3.30. The van der Waals surface area contributed by atoms with Gasteiger partial charge in [-0.1, -0.05) is 36.4 Å². The van der Waals surface area contributed by atoms with Crippen LogP contribution in [0.2, 0.25) is 0 Å². The van der Waals surface area contributed by atoms with Gasteiger partial charge in [0.1, 0.15) is 17.7 Å². The Morgan fingerprint density at radius 2 is 1.88 bits per heavy atom. The van der Waals surface area contributed by atoms with Gasteiger partial charge in [0.05, 0.1) is 6.04 Å². The second-order valence-corrected chi connectivity index (χ2v) is 7.43. The van der Waals surface area contributed by atoms with E-state index in [4.69, 9.17) is 5.73 Å². The summed E-state index contributed by atoms with van der Waals surface area (Å²) in [7, 11) is 0. The number of halogens is 4. The van der Waals surface area contributed by atoms with Gasteiger partial charge in [-0.15, -0.1) is 25.6 Å². The molecule has 10 heteroatoms. The summed E-state index contributed by atoms with van der Waals surface area (Å²) in [6.45, 7) is 0.809. The lowest BCUT2D eigenvalue weighted by Crippen LogP contribution is -2.39. The molecular weight excluding hydrogens is 459 g/mol. The highest BCUT2D eigenvalue weighted by molar-refractivity contribution is 6.05. The van der Waals surface area contributed by atoms with Crippen LogP contribution in [0.3, 0.4) is 0 Å². The molecule has 0 fully saturated rings. The number of amides is 1. The lowest BCUT2D eigenvalue weighted by Gasteiger charge is -2.26. The van der Waals surface area contributed by atoms with Gasteiger partial charge in [-0.25, -0.2) is 0 Å². The normalized spacial score (nSPS) is 15.3. The predicted octanol–water partition coefficient (Wildman–Crippen LogP) is 4.59. The summed E-state index contributed by atoms with van der Waals surface area (Å²) in [5.74, 6) is -0.647. The molecular formula is C23H21ClF3N3O3. The minimum absolute atomic E-state index is 0. The molecule has 1 aliphatic rings. The topological polar surface area (TPSA) is 86.3 Å². The Labute approximate surface area is 193 Å². The fourth-order valence-electron chi connectivity index (χ4n) is 3.97. The number of carbonyl (C=O) groups is 2. The van der Waals surface area contributed by atoms with Crippen LogP contribution in [0.1, 0.15) is 33.3 Å². The number of aromatic nitrogens is 1. The van der Waals surface area contributed by atoms with E-state index in [2.05, 4.69) is 10.1 Å². The zero-order valence-corrected chi connectivity index (χ0v) is 18.1. The van der Waals surface area contributed by atoms with Crippen molar-refractivity contribution in [2.75, 3.05) is 13.1 Å². The molecule has 2 heterocycles. The number of rotatable bonds is 6. The summed E-state index contributed by atoms with van der Waals surface area (Å²) in [4.78, 5) is 23.9. The third-order valence-corrected chi connectivity index (χ3v) is 5.35. The van der Waals surface area contributed by atoms with Crippen molar-refractivity contribution in [3.05, 3.63) is 66.0 Å². The van der Waals surface area contributed by atoms with Crippen LogP contribution in [0.5, 0.6) is 5.75 Å². The lowest BCUT2D eigenvalue weighted by atomic mass is 9.95. The van der Waals surface area contributed by atoms with Gasteiger partial charge in [-0.2, -0.15) is 0 Å². The molecule has 0 saturated carbocycles. The van der Waals surface area contributed by atoms with Crippen molar-refractivity contribution in [3.63, 3.8) is 0 Å². The molecule has 3 aromatic rings. The quantitative estimate of drug-likeness (QED) is 0.506. The van der Waals surface area contributed by atoms with E-state index in [9.17, 15) is 22.8 Å². The zero-order valence-electron chi connectivity index (χ0n) is 17.3. The van der Waals surface area contributed by atoms with E-state index in [1.54, 1.807) is 36.5 Å². The molecule has 0 unspecified atom stereocenters. The van der Waals surface area contributed by atoms with Crippen LogP contribution in [0.15, 0.2) is 54.7 Å². The predicted molar refractivity (Wildman–Crippen MR) is 120 cm³/mol. The molecule has 2 aromatic carbocycles. The summed E-state index contributed by atoms with van der Waals surface area (Å²) in [6.07, 6.45) is -1.73. The van der Waals surface area contributed by atoms with Crippen LogP contribution < -0.4 is 15.8 Å². The van der Waals surface area contributed by atoms with Crippen LogP contribution in [-0.2, 0) is 0 Å². The molecule has 1 atom stereocenters. The Morgan fingerprint density at radius 3 is 2.52 bits per heavy atom. The lowest BCUT2D eigenvalue weighted by molar-refractivity contribution is -0.274. The molecule has 0 spiro atoms. The van der Waals surface area contributed by atoms with Crippen molar-refractivity contribution >= 4 is 24.6 Å². The van der Waals surface area contributed by atoms with Crippen molar-refractivity contribution in [3.8, 4) is 28.0 Å². The number of nitrogens with one attached hydrogen (secondary N) is 1. The van der Waals surface area contributed by atoms with Gasteiger partial charge in [0.15, 0.2) is 0 Å². The monoisotopic (exact) mass is 479 g/mol. The maximum atomic E-state index is 12.9. The molecule has 1 aromatic heterocycles. The van der Waals surface area contributed by atoms with Crippen molar-refractivity contribution in [1.29, 1.82) is 0 Å². The average molecular weight is 480 g/mol. The standard InChI is InChI=1S/C23H20F3N3O3.ClH/c24-23(25,26)32-18-3-1-2-16(10-18)19-12-29-17(8-9-27)11-28-22(31)21(29)20(19)15-6-4-14(13-30)5-7-15;/h1-7,10,12-13,17H,8-9,11,27H2,(H,28,31);1H/t17-;/m0./s1. The molecule has 33 heavy (non-hydrogen) atoms. The number of benzene rings is 2. The van der Waals surface area contributed by atoms with Crippen LogP contribution in [-0.4, -0.2) is 36.2 Å². The summed E-state index contributed by atoms with van der Waals surface area (Å²) in [6, 6.07) is 12.2. The first-order chi connectivity index (χ1) is 15.3. The van der Waals surface area contributed by atoms with Gasteiger partial charge in [0.25, 0.3) is 5.91 Å². The third kappa shape index (κ3) is 5.04. The van der Waals surface area contributed by atoms with E-state index >= 15 is 0 Å². The van der Waals surface area contributed by atoms with Gasteiger partial charge in [-0.05, 0) is 36.2 Å². The second kappa shape index (κ2) is 9.68. The highest BCUT2D eigenvalue weighted by atomic mass is 35.5. The van der Waals surface area contributed by atoms with E-state index in [0.717, 1.165) is 0 Å². The van der Waals surface area contributed by atoms with Crippen molar-refractivity contribution in [2.45, 2.75) is 18.8 Å². The van der Waals surface area contributed by atoms with E-state index in [0.29, 0.717) is 59.3 Å². The minimum Gasteiger partial charge on any atom is -0.406 e. The number of hydrogen-bond donors (Lipinski definition) is 2. The molecule has 4 rings (SSSR count). The van der Waals surface area contributed by atoms with Gasteiger partial charge < -0.3 is 20.4 Å². The Morgan fingerprint density at radius 1 is 1.15 bits per heavy atom. The Bertz CT molecular complexity index is 1160. The van der Waals surface area contributed by atoms with Crippen molar-refractivity contribution < 1.29 is 27.5 Å². The number of ether oxygens (including phenoxy) is 1. The smallest absolute Gasteiger partial charge is 0.406 e. The van der Waals surface area contributed by atoms with Gasteiger partial charge in [-0.3, -0.25) is 9.59 Å². The average Bonchev–Trinajstić information content (AvgIpc) is 3.17. The first kappa shape index (κ1) is 24.3. The van der Waals surface area contributed by atoms with Crippen LogP contribution in [0.4, 0.5) is 13.2 Å². The number of aldehydes is 1. The van der Waals surface area contributed by atoms with Crippen LogP contribution in [0.25, 0.3) is 22.3 Å². The highest BCUT2D eigenvalue weighted by Crippen LogP contribution is 2.41. The van der Waals surface area contributed by atoms with Crippen molar-refractivity contribution in [2.24, 2.45) is 5.73 Å². The minimum atomic E-state index is -4.82. The maximum Gasteiger partial charge on any atom is 0.573 e. The molecule has 0 radical (unpaired) electrons. The molecule has 6 nitrogen and oxygen atoms in total. The summed E-state index contributed by atoms with van der Waals surface area (Å²) in [5, 5.41) is 2.87. The second-order valence-electron chi connectivity index (χ2n) is 7.43. The number of carbonyl (C=O) groups excluding carboxylic acids is 2. The molecule has 0 saturated heterocycles. The van der Waals surface area contributed by atoms with E-state index in [1.807, 2.05) is 4.57 Å². The molecule has 1 amide bonds. The fourth-order valence-corrected chi connectivity index (χ4v) is 3.97. The van der Waals surface area contributed by atoms with E-state index in [-0.39, 0.29) is 30.1 Å². The van der Waals surface area contributed by atoms with Gasteiger partial charge in [0.2, 0.25) is 0 Å². The van der Waals surface area contributed by atoms with Gasteiger partial charge >= 0.3 is 6.36 Å². The first-order valence-corrected chi connectivity index (χ1v) is 9.95. The largest absolute Gasteiger partial charge is 0.573 e. The molecule has 0 bridgehead atoms. The number of hydrogen-bond acceptors (Lipinski definition) is 4. The zero-order chi connectivity index (χ0) is 22.9. The molecule has 174 valence electrons. The summed E-state index contributed by atoms with van der Waals surface area (Å²) < 4.78 is 44.1. The number of fused-ring (bicyclic) bond motifs is 1. The number of alkyl halides is 3. The first-order valence-electron chi connectivity index (χ1n) is 9.95. The van der Waals surface area contributed by atoms with E-state index in [1.165, 1.54) is 18.2 Å². The summed E-state index contributed by atoms with van der Waals surface area (Å²) >= 11 is 0. The number of nitrogens with two attached hydrogens (primary N) is 1. The Balaban J connectivity index is 0.00000306. The van der Waals surface area contributed by atoms with Crippen molar-refractivity contribution in [1.82, 2.24) is 9.88 Å². The summed E-state index contributed by atoms with van der Waals surface area (Å²) in [5.41, 5.74) is 8.86. The number of nitrogens with zero attached hydrogens (tertiary/aromatic N) is 1. The van der Waals surface area contributed by atoms with E-state index < -0.39 is 6.36 Å². The van der Waals surface area contributed by atoms with Crippen LogP contribution >= 0.6 is 12.4 Å². The molecule has 3 N–H and O–H groups in total.